The second-order valence-electron chi connectivity index (χ2n) is 28.4. The maximum absolute atomic E-state index is 13.0. The fraction of sp³-hybridized carbons (Fsp3) is 0.750. The maximum atomic E-state index is 13.0. The predicted molar refractivity (Wildman–Crippen MR) is 449 cm³/mol. The molecule has 0 aliphatic rings. The number of aromatic nitrogens is 7. The molecule has 0 fully saturated rings. The Bertz CT molecular complexity index is 3330. The van der Waals surface area contributed by atoms with E-state index < -0.39 is 38.2 Å². The number of fused-ring (bicyclic) bond motifs is 1. The lowest BCUT2D eigenvalue weighted by Crippen LogP contribution is -2.30. The van der Waals surface area contributed by atoms with Gasteiger partial charge in [0, 0.05) is 57.6 Å². The highest BCUT2D eigenvalue weighted by Crippen LogP contribution is 2.43. The van der Waals surface area contributed by atoms with Crippen LogP contribution in [0, 0.1) is 0 Å². The number of aryl methyl sites for hydroxylation is 1. The van der Waals surface area contributed by atoms with Gasteiger partial charge in [-0.3, -0.25) is 32.8 Å². The van der Waals surface area contributed by atoms with Crippen LogP contribution in [0.25, 0.3) is 11.2 Å². The number of aromatic amines is 1. The Morgan fingerprint density at radius 1 is 0.525 bits per heavy atom. The minimum atomic E-state index is -4.66. The molecule has 4 aromatic rings. The van der Waals surface area contributed by atoms with E-state index in [-0.39, 0.29) is 75.8 Å². The second kappa shape index (κ2) is 72.0. The molecule has 34 heteroatoms. The van der Waals surface area contributed by atoms with Gasteiger partial charge in [-0.25, -0.2) is 14.0 Å². The van der Waals surface area contributed by atoms with Crippen molar-refractivity contribution in [1.29, 1.82) is 0 Å². The Morgan fingerprint density at radius 2 is 0.983 bits per heavy atom. The van der Waals surface area contributed by atoms with Gasteiger partial charge in [0.05, 0.1) is 171 Å². The lowest BCUT2D eigenvalue weighted by atomic mass is 10.1. The number of nitrogens with one attached hydrogen (secondary N) is 3. The molecule has 3 aromatic heterocycles. The quantitative estimate of drug-likeness (QED) is 0.0119. The van der Waals surface area contributed by atoms with Gasteiger partial charge in [-0.2, -0.15) is 9.97 Å². The van der Waals surface area contributed by atoms with Crippen LogP contribution in [-0.4, -0.2) is 255 Å². The fourth-order valence-electron chi connectivity index (χ4n) is 11.7. The molecule has 0 radical (unpaired) electrons. The first kappa shape index (κ1) is 104. The molecule has 33 nitrogen and oxygen atoms in total. The number of nitrogen functional groups attached to an aromatic ring is 1. The summed E-state index contributed by atoms with van der Waals surface area (Å²) in [6.07, 6.45) is 40.0. The summed E-state index contributed by atoms with van der Waals surface area (Å²) in [6, 6.07) is 6.92. The van der Waals surface area contributed by atoms with E-state index in [0.717, 1.165) is 82.6 Å². The van der Waals surface area contributed by atoms with Crippen molar-refractivity contribution >= 4 is 48.6 Å². The summed E-state index contributed by atoms with van der Waals surface area (Å²) in [6.45, 7) is 12.8. The van der Waals surface area contributed by atoms with Gasteiger partial charge in [-0.05, 0) is 81.9 Å². The number of ether oxygens (including phenoxy) is 14. The summed E-state index contributed by atoms with van der Waals surface area (Å²) in [5, 5.41) is 13.7. The van der Waals surface area contributed by atoms with Crippen molar-refractivity contribution in [2.75, 3.05) is 191 Å². The van der Waals surface area contributed by atoms with E-state index in [1.54, 1.807) is 42.3 Å². The van der Waals surface area contributed by atoms with E-state index in [1.807, 2.05) is 0 Å². The maximum Gasteiger partial charge on any atom is 0.472 e. The molecule has 0 saturated heterocycles. The van der Waals surface area contributed by atoms with Gasteiger partial charge < -0.3 is 92.6 Å². The Balaban J connectivity index is 0.892. The van der Waals surface area contributed by atoms with Gasteiger partial charge in [0.15, 0.2) is 17.6 Å². The molecule has 118 heavy (non-hydrogen) atoms. The molecule has 0 spiro atoms. The molecule has 2 unspecified atom stereocenters. The average Bonchev–Trinajstić information content (AvgIpc) is 1.64. The second-order valence-corrected chi connectivity index (χ2v) is 29.9. The van der Waals surface area contributed by atoms with Gasteiger partial charge in [0.25, 0.3) is 5.91 Å². The van der Waals surface area contributed by atoms with E-state index >= 15 is 0 Å². The number of methoxy groups -OCH3 is 1. The van der Waals surface area contributed by atoms with Crippen LogP contribution < -0.4 is 26.8 Å². The van der Waals surface area contributed by atoms with Crippen molar-refractivity contribution in [2.24, 2.45) is 0 Å². The number of nitrogens with zero attached hydrogens (tertiary/aromatic N) is 6. The monoisotopic (exact) mass is 1690 g/mol. The van der Waals surface area contributed by atoms with Crippen LogP contribution in [0.3, 0.4) is 0 Å². The van der Waals surface area contributed by atoms with E-state index in [2.05, 4.69) is 74.0 Å². The summed E-state index contributed by atoms with van der Waals surface area (Å²) in [7, 11) is -3.11. The lowest BCUT2D eigenvalue weighted by molar-refractivity contribution is -0.161. The molecule has 672 valence electrons. The number of amides is 2. The van der Waals surface area contributed by atoms with Crippen molar-refractivity contribution in [3.8, 4) is 6.01 Å². The van der Waals surface area contributed by atoms with E-state index in [9.17, 15) is 33.4 Å². The first-order valence-corrected chi connectivity index (χ1v) is 44.7. The number of phosphoric acid groups is 1. The third kappa shape index (κ3) is 56.0. The van der Waals surface area contributed by atoms with Crippen LogP contribution in [0.2, 0.25) is 0 Å². The van der Waals surface area contributed by atoms with Crippen LogP contribution in [0.15, 0.2) is 59.6 Å². The molecular weight excluding hydrogens is 1550 g/mol. The van der Waals surface area contributed by atoms with Crippen LogP contribution in [0.4, 0.5) is 5.82 Å². The number of esters is 2. The van der Waals surface area contributed by atoms with Crippen molar-refractivity contribution in [3.05, 3.63) is 82.1 Å². The number of hydrogen-bond acceptors (Lipinski definition) is 27. The van der Waals surface area contributed by atoms with Crippen LogP contribution >= 0.6 is 7.82 Å². The lowest BCUT2D eigenvalue weighted by Gasteiger charge is -2.20. The molecular formula is C84H143N10O23P. The van der Waals surface area contributed by atoms with Crippen LogP contribution in [0.5, 0.6) is 6.01 Å². The number of anilines is 1. The van der Waals surface area contributed by atoms with E-state index in [4.69, 9.17) is 81.1 Å². The molecule has 1 aromatic carbocycles. The summed E-state index contributed by atoms with van der Waals surface area (Å²) in [4.78, 5) is 85.5. The number of unbranched alkanes of at least 4 members (excludes halogenated alkanes) is 22. The Labute approximate surface area is 699 Å². The number of hydrogen-bond donors (Lipinski definition) is 5. The highest BCUT2D eigenvalue weighted by Gasteiger charge is 2.27. The Kier molecular flexibility index (Phi) is 63.3. The van der Waals surface area contributed by atoms with Gasteiger partial charge in [0.1, 0.15) is 18.7 Å². The fourth-order valence-corrected chi connectivity index (χ4v) is 12.5. The van der Waals surface area contributed by atoms with Crippen molar-refractivity contribution in [1.82, 2.24) is 45.1 Å². The molecule has 0 bridgehead atoms. The summed E-state index contributed by atoms with van der Waals surface area (Å²) in [5.74, 6) is -1.45. The highest BCUT2D eigenvalue weighted by molar-refractivity contribution is 7.47. The minimum absolute atomic E-state index is 0.0337. The number of imidazole rings is 1. The first-order valence-electron chi connectivity index (χ1n) is 43.3. The SMILES string of the molecule is CCCCCCCC/C=C\CCCCCCCC(=O)OCC(COP(=O)(O)OCCNC(=O)CCc1cn(CCOCCOCCOCCOCCOCCOCCOCCOCCOCCOCCNC(=O)c2ccc(Cn3c(=O)[nH]c4c(N)nc(OCCOC)nc43)cc2)nn1)OC(=O)CCCCCCC/C=C\CCCCCCCC. The predicted octanol–water partition coefficient (Wildman–Crippen LogP) is 11.7. The standard InChI is InChI=1S/C84H143N10O23P/c1-4-6-8-10-12-14-16-18-20-22-24-26-28-30-32-34-77(96)114-70-75(117-78(97)35-33-31-29-27-25-23-21-19-17-15-13-11-9-7-5-2)71-116-118(100,101)115-46-43-86-76(95)41-40-74-69-93(92-91-74)44-47-104-50-52-106-54-56-108-58-60-110-62-64-112-66-65-111-63-61-109-59-57-107-55-53-105-51-49-103-45-42-87-82(98)73-38-36-72(37-39-73)68-94-81-79(88-84(94)99)80(85)89-83(90-81)113-67-48-102-3/h18-21,36-39,69,75H,4-17,22-35,40-68,70-71H2,1-3H3,(H,86,95)(H,87,98)(H,88,99)(H,100,101)(H2,85,89,90)/b20-18-,21-19-. The van der Waals surface area contributed by atoms with Gasteiger partial charge >= 0.3 is 31.5 Å². The third-order valence-corrected chi connectivity index (χ3v) is 19.3. The molecule has 0 aliphatic carbocycles. The van der Waals surface area contributed by atoms with E-state index in [0.29, 0.717) is 194 Å². The number of H-pyrrole nitrogens is 1. The van der Waals surface area contributed by atoms with Crippen LogP contribution in [-0.2, 0) is 109 Å². The Morgan fingerprint density at radius 3 is 1.48 bits per heavy atom. The number of nitrogens with two attached hydrogens (primary N) is 1. The zero-order valence-electron chi connectivity index (χ0n) is 71.1. The molecule has 2 atom stereocenters. The zero-order chi connectivity index (χ0) is 84.5. The number of phosphoric ester groups is 1. The summed E-state index contributed by atoms with van der Waals surface area (Å²) < 4.78 is 104. The molecule has 4 rings (SSSR count). The molecule has 6 N–H and O–H groups in total. The molecule has 2 amide bonds. The summed E-state index contributed by atoms with van der Waals surface area (Å²) >= 11 is 0. The van der Waals surface area contributed by atoms with Gasteiger partial charge in [-0.15, -0.1) is 5.10 Å². The smallest absolute Gasteiger partial charge is 0.462 e. The van der Waals surface area contributed by atoms with Crippen molar-refractivity contribution in [2.45, 2.75) is 226 Å². The van der Waals surface area contributed by atoms with Crippen LogP contribution in [0.1, 0.15) is 222 Å². The summed E-state index contributed by atoms with van der Waals surface area (Å²) in [5.41, 5.74) is 8.08. The number of benzene rings is 1. The first-order chi connectivity index (χ1) is 57.8. The van der Waals surface area contributed by atoms with E-state index in [1.165, 1.54) is 81.6 Å². The topological polar surface area (TPSA) is 398 Å². The normalized spacial score (nSPS) is 12.5. The Hall–Kier alpha value is -6.66. The van der Waals surface area contributed by atoms with Gasteiger partial charge in [0.2, 0.25) is 5.91 Å². The third-order valence-electron chi connectivity index (χ3n) is 18.4. The van der Waals surface area contributed by atoms with Crippen molar-refractivity contribution < 1.29 is 104 Å². The molecule has 3 heterocycles. The minimum Gasteiger partial charge on any atom is -0.462 e. The zero-order valence-corrected chi connectivity index (χ0v) is 72.0. The number of rotatable bonds is 83. The largest absolute Gasteiger partial charge is 0.472 e. The number of allylic oxidation sites excluding steroid dienone is 4. The highest BCUT2D eigenvalue weighted by atomic mass is 31.2. The average molecular weight is 1690 g/mol. The number of carbonyl (C=O) groups is 4. The molecule has 0 saturated carbocycles. The molecule has 0 aliphatic heterocycles. The number of carbonyl (C=O) groups excluding carboxylic acids is 4. The van der Waals surface area contributed by atoms with Crippen molar-refractivity contribution in [3.63, 3.8) is 0 Å². The van der Waals surface area contributed by atoms with Gasteiger partial charge in [-0.1, -0.05) is 158 Å².